The number of hydrogen-bond donors (Lipinski definition) is 1. The van der Waals surface area contributed by atoms with Crippen molar-refractivity contribution in [3.63, 3.8) is 0 Å². The van der Waals surface area contributed by atoms with Gasteiger partial charge in [-0.1, -0.05) is 49.9 Å². The smallest absolute Gasteiger partial charge is 0.275 e. The molecule has 2 heterocycles. The molecule has 172 valence electrons. The summed E-state index contributed by atoms with van der Waals surface area (Å²) >= 11 is 0. The largest absolute Gasteiger partial charge is 0.351 e. The standard InChI is InChI=1S/C28H33N3O2/c1-19-14-20(2)16-23(15-19)31-26(32)25-17-21-10-8-9-13-24(21)30(25)18-28(31,3)27(33)29-22-11-6-4-5-7-12-22/h8-10,13-17,22H,4-7,11-12,18H2,1-3H3,(H,29,33)/t28-/m0/s1. The average molecular weight is 444 g/mol. The predicted octanol–water partition coefficient (Wildman–Crippen LogP) is 5.52. The molecule has 2 amide bonds. The first kappa shape index (κ1) is 21.7. The van der Waals surface area contributed by atoms with Gasteiger partial charge in [0.2, 0.25) is 5.91 Å². The Morgan fingerprint density at radius 1 is 0.970 bits per heavy atom. The third-order valence-corrected chi connectivity index (χ3v) is 7.34. The van der Waals surface area contributed by atoms with Gasteiger partial charge in [-0.05, 0) is 69.0 Å². The first-order valence-electron chi connectivity index (χ1n) is 12.2. The van der Waals surface area contributed by atoms with E-state index in [0.29, 0.717) is 12.2 Å². The fourth-order valence-corrected chi connectivity index (χ4v) is 5.70. The first-order valence-corrected chi connectivity index (χ1v) is 12.2. The van der Waals surface area contributed by atoms with Crippen LogP contribution in [-0.4, -0.2) is 28.0 Å². The molecule has 1 aromatic heterocycles. The Hall–Kier alpha value is -3.08. The van der Waals surface area contributed by atoms with Gasteiger partial charge in [-0.15, -0.1) is 0 Å². The second-order valence-corrected chi connectivity index (χ2v) is 10.1. The van der Waals surface area contributed by atoms with Crippen molar-refractivity contribution in [1.82, 2.24) is 9.88 Å². The number of fused-ring (bicyclic) bond motifs is 3. The van der Waals surface area contributed by atoms with Crippen molar-refractivity contribution in [2.75, 3.05) is 4.90 Å². The van der Waals surface area contributed by atoms with E-state index in [4.69, 9.17) is 0 Å². The number of aryl methyl sites for hydroxylation is 2. The van der Waals surface area contributed by atoms with Gasteiger partial charge in [0.25, 0.3) is 5.91 Å². The summed E-state index contributed by atoms with van der Waals surface area (Å²) in [7, 11) is 0. The molecular weight excluding hydrogens is 410 g/mol. The number of amides is 2. The second-order valence-electron chi connectivity index (χ2n) is 10.1. The van der Waals surface area contributed by atoms with E-state index in [0.717, 1.165) is 53.4 Å². The van der Waals surface area contributed by atoms with E-state index >= 15 is 0 Å². The number of carbonyl (C=O) groups is 2. The Morgan fingerprint density at radius 3 is 2.33 bits per heavy atom. The molecule has 33 heavy (non-hydrogen) atoms. The highest BCUT2D eigenvalue weighted by Crippen LogP contribution is 2.37. The van der Waals surface area contributed by atoms with E-state index < -0.39 is 5.54 Å². The number of rotatable bonds is 3. The summed E-state index contributed by atoms with van der Waals surface area (Å²) in [5.74, 6) is -0.189. The number of anilines is 1. The van der Waals surface area contributed by atoms with E-state index in [1.54, 1.807) is 4.90 Å². The van der Waals surface area contributed by atoms with Crippen LogP contribution in [0.1, 0.15) is 67.1 Å². The van der Waals surface area contributed by atoms with Crippen LogP contribution in [0.4, 0.5) is 5.69 Å². The van der Waals surface area contributed by atoms with Crippen LogP contribution < -0.4 is 10.2 Å². The summed E-state index contributed by atoms with van der Waals surface area (Å²) in [5, 5.41) is 4.37. The Morgan fingerprint density at radius 2 is 1.64 bits per heavy atom. The zero-order valence-corrected chi connectivity index (χ0v) is 19.9. The van der Waals surface area contributed by atoms with Crippen molar-refractivity contribution in [3.8, 4) is 0 Å². The molecule has 1 atom stereocenters. The minimum Gasteiger partial charge on any atom is -0.351 e. The SMILES string of the molecule is Cc1cc(C)cc(N2C(=O)c3cc4ccccc4n3C[C@@]2(C)C(=O)NC2CCCCCC2)c1. The van der Waals surface area contributed by atoms with E-state index in [9.17, 15) is 9.59 Å². The topological polar surface area (TPSA) is 54.3 Å². The van der Waals surface area contributed by atoms with Crippen LogP contribution in [0.25, 0.3) is 10.9 Å². The van der Waals surface area contributed by atoms with Crippen LogP contribution in [0.5, 0.6) is 0 Å². The molecule has 5 heteroatoms. The number of hydrogen-bond acceptors (Lipinski definition) is 2. The number of carbonyl (C=O) groups excluding carboxylic acids is 2. The Kier molecular flexibility index (Phi) is 5.51. The zero-order valence-electron chi connectivity index (χ0n) is 19.9. The molecule has 3 aromatic rings. The highest BCUT2D eigenvalue weighted by atomic mass is 16.2. The maximum atomic E-state index is 14.0. The highest BCUT2D eigenvalue weighted by Gasteiger charge is 2.49. The summed E-state index contributed by atoms with van der Waals surface area (Å²) in [6, 6.07) is 16.3. The Balaban J connectivity index is 1.61. The number of para-hydroxylation sites is 1. The molecule has 1 aliphatic carbocycles. The molecular formula is C28H33N3O2. The summed E-state index contributed by atoms with van der Waals surface area (Å²) in [6.07, 6.45) is 6.78. The van der Waals surface area contributed by atoms with Crippen LogP contribution in [0.3, 0.4) is 0 Å². The monoisotopic (exact) mass is 443 g/mol. The molecule has 0 saturated heterocycles. The number of aromatic nitrogens is 1. The van der Waals surface area contributed by atoms with Gasteiger partial charge in [0.15, 0.2) is 0 Å². The zero-order chi connectivity index (χ0) is 23.2. The molecule has 0 bridgehead atoms. The third-order valence-electron chi connectivity index (χ3n) is 7.34. The van der Waals surface area contributed by atoms with Crippen LogP contribution >= 0.6 is 0 Å². The van der Waals surface area contributed by atoms with E-state index in [2.05, 4.69) is 11.4 Å². The molecule has 0 unspecified atom stereocenters. The second kappa shape index (κ2) is 8.36. The van der Waals surface area contributed by atoms with Crippen LogP contribution in [0, 0.1) is 13.8 Å². The quantitative estimate of drug-likeness (QED) is 0.542. The van der Waals surface area contributed by atoms with Gasteiger partial charge >= 0.3 is 0 Å². The first-order chi connectivity index (χ1) is 15.9. The van der Waals surface area contributed by atoms with Crippen molar-refractivity contribution in [2.45, 2.75) is 77.4 Å². The molecule has 1 N–H and O–H groups in total. The lowest BCUT2D eigenvalue weighted by Gasteiger charge is -2.44. The number of nitrogens with zero attached hydrogens (tertiary/aromatic N) is 2. The molecule has 5 rings (SSSR count). The van der Waals surface area contributed by atoms with E-state index in [-0.39, 0.29) is 17.9 Å². The normalized spacial score (nSPS) is 21.7. The molecule has 2 aliphatic rings. The van der Waals surface area contributed by atoms with Crippen molar-refractivity contribution >= 4 is 28.4 Å². The molecule has 0 spiro atoms. The van der Waals surface area contributed by atoms with Gasteiger partial charge in [0.1, 0.15) is 11.2 Å². The van der Waals surface area contributed by atoms with Gasteiger partial charge in [-0.2, -0.15) is 0 Å². The van der Waals surface area contributed by atoms with Crippen molar-refractivity contribution < 1.29 is 9.59 Å². The molecule has 2 aromatic carbocycles. The lowest BCUT2D eigenvalue weighted by molar-refractivity contribution is -0.127. The van der Waals surface area contributed by atoms with E-state index in [1.807, 2.05) is 67.8 Å². The fourth-order valence-electron chi connectivity index (χ4n) is 5.70. The van der Waals surface area contributed by atoms with Crippen LogP contribution in [-0.2, 0) is 11.3 Å². The average Bonchev–Trinajstić information content (AvgIpc) is 2.94. The number of benzene rings is 2. The lowest BCUT2D eigenvalue weighted by Crippen LogP contribution is -2.65. The summed E-state index contributed by atoms with van der Waals surface area (Å²) in [6.45, 7) is 6.41. The Labute approximate surface area is 195 Å². The maximum absolute atomic E-state index is 14.0. The number of nitrogens with one attached hydrogen (secondary N) is 1. The summed E-state index contributed by atoms with van der Waals surface area (Å²) in [4.78, 5) is 29.7. The van der Waals surface area contributed by atoms with Crippen molar-refractivity contribution in [2.24, 2.45) is 0 Å². The molecule has 1 fully saturated rings. The predicted molar refractivity (Wildman–Crippen MR) is 133 cm³/mol. The van der Waals surface area contributed by atoms with Gasteiger partial charge in [0.05, 0.1) is 6.54 Å². The van der Waals surface area contributed by atoms with Crippen LogP contribution in [0.2, 0.25) is 0 Å². The minimum absolute atomic E-state index is 0.0645. The van der Waals surface area contributed by atoms with Crippen LogP contribution in [0.15, 0.2) is 48.5 Å². The summed E-state index contributed by atoms with van der Waals surface area (Å²) in [5.41, 5.74) is 3.54. The van der Waals surface area contributed by atoms with Gasteiger partial charge in [0, 0.05) is 22.6 Å². The molecule has 5 nitrogen and oxygen atoms in total. The van der Waals surface area contributed by atoms with E-state index in [1.165, 1.54) is 12.8 Å². The minimum atomic E-state index is -1.03. The van der Waals surface area contributed by atoms with Crippen molar-refractivity contribution in [3.05, 3.63) is 65.4 Å². The lowest BCUT2D eigenvalue weighted by atomic mass is 9.92. The van der Waals surface area contributed by atoms with Gasteiger partial charge in [-0.3, -0.25) is 14.5 Å². The summed E-state index contributed by atoms with van der Waals surface area (Å²) < 4.78 is 2.03. The molecule has 0 radical (unpaired) electrons. The van der Waals surface area contributed by atoms with Gasteiger partial charge < -0.3 is 9.88 Å². The third kappa shape index (κ3) is 3.84. The van der Waals surface area contributed by atoms with Gasteiger partial charge in [-0.25, -0.2) is 0 Å². The fraction of sp³-hybridized carbons (Fsp3) is 0.429. The molecule has 1 saturated carbocycles. The molecule has 1 aliphatic heterocycles. The highest BCUT2D eigenvalue weighted by molar-refractivity contribution is 6.14. The van der Waals surface area contributed by atoms with Crippen molar-refractivity contribution in [1.29, 1.82) is 0 Å². The maximum Gasteiger partial charge on any atom is 0.275 e. The Bertz CT molecular complexity index is 1200.